The Morgan fingerprint density at radius 3 is 2.84 bits per heavy atom. The molecule has 8 nitrogen and oxygen atoms in total. The standard InChI is InChI=1S/C17H26N6O2/c1-10(2)13-7-16(25-22-13)20-15(24)8-18-12-5-6-14-19-17(11(3)4)21-23(14)9-12/h7,10-12,18H,5-6,8-9H2,1-4H3,(H,20,24)/t12-/m1/s1. The Kier molecular flexibility index (Phi) is 5.17. The van der Waals surface area contributed by atoms with E-state index in [1.807, 2.05) is 18.5 Å². The fraction of sp³-hybridized carbons (Fsp3) is 0.647. The van der Waals surface area contributed by atoms with Crippen LogP contribution in [-0.2, 0) is 17.8 Å². The highest BCUT2D eigenvalue weighted by molar-refractivity contribution is 5.90. The van der Waals surface area contributed by atoms with Crippen LogP contribution in [0.1, 0.15) is 63.3 Å². The molecule has 1 aliphatic rings. The summed E-state index contributed by atoms with van der Waals surface area (Å²) in [6.45, 7) is 9.20. The lowest BCUT2D eigenvalue weighted by Gasteiger charge is -2.23. The van der Waals surface area contributed by atoms with E-state index in [2.05, 4.69) is 39.7 Å². The van der Waals surface area contributed by atoms with Gasteiger partial charge in [-0.2, -0.15) is 5.10 Å². The zero-order valence-corrected chi connectivity index (χ0v) is 15.2. The van der Waals surface area contributed by atoms with Crippen molar-refractivity contribution < 1.29 is 9.32 Å². The van der Waals surface area contributed by atoms with Gasteiger partial charge in [-0.25, -0.2) is 9.67 Å². The molecule has 0 saturated heterocycles. The van der Waals surface area contributed by atoms with Crippen molar-refractivity contribution in [1.29, 1.82) is 0 Å². The Bertz CT molecular complexity index is 733. The molecule has 2 N–H and O–H groups in total. The maximum atomic E-state index is 12.1. The van der Waals surface area contributed by atoms with Gasteiger partial charge in [0.15, 0.2) is 5.82 Å². The van der Waals surface area contributed by atoms with Gasteiger partial charge in [0.1, 0.15) is 5.82 Å². The number of carbonyl (C=O) groups excluding carboxylic acids is 1. The van der Waals surface area contributed by atoms with Gasteiger partial charge in [-0.05, 0) is 12.3 Å². The largest absolute Gasteiger partial charge is 0.338 e. The van der Waals surface area contributed by atoms with Crippen molar-refractivity contribution in [1.82, 2.24) is 25.2 Å². The molecule has 1 amide bonds. The van der Waals surface area contributed by atoms with Crippen molar-refractivity contribution in [3.63, 3.8) is 0 Å². The van der Waals surface area contributed by atoms with Gasteiger partial charge in [-0.1, -0.05) is 32.9 Å². The van der Waals surface area contributed by atoms with Crippen LogP contribution in [0.5, 0.6) is 0 Å². The molecule has 3 heterocycles. The van der Waals surface area contributed by atoms with Gasteiger partial charge in [-0.3, -0.25) is 10.1 Å². The Hall–Kier alpha value is -2.22. The van der Waals surface area contributed by atoms with Crippen molar-refractivity contribution in [3.8, 4) is 0 Å². The van der Waals surface area contributed by atoms with Crippen molar-refractivity contribution in [2.75, 3.05) is 11.9 Å². The maximum absolute atomic E-state index is 12.1. The summed E-state index contributed by atoms with van der Waals surface area (Å²) in [5.74, 6) is 2.77. The first kappa shape index (κ1) is 17.6. The predicted octanol–water partition coefficient (Wildman–Crippen LogP) is 2.06. The summed E-state index contributed by atoms with van der Waals surface area (Å²) in [4.78, 5) is 16.7. The van der Waals surface area contributed by atoms with Crippen molar-refractivity contribution in [2.45, 2.75) is 65.0 Å². The molecular weight excluding hydrogens is 320 g/mol. The van der Waals surface area contributed by atoms with Crippen LogP contribution in [0.3, 0.4) is 0 Å². The Morgan fingerprint density at radius 1 is 1.36 bits per heavy atom. The van der Waals surface area contributed by atoms with E-state index < -0.39 is 0 Å². The number of anilines is 1. The highest BCUT2D eigenvalue weighted by Crippen LogP contribution is 2.18. The Morgan fingerprint density at radius 2 is 2.16 bits per heavy atom. The van der Waals surface area contributed by atoms with Crippen LogP contribution in [0, 0.1) is 0 Å². The molecule has 0 radical (unpaired) electrons. The molecule has 25 heavy (non-hydrogen) atoms. The number of aromatic nitrogens is 4. The summed E-state index contributed by atoms with van der Waals surface area (Å²) in [6, 6.07) is 1.97. The molecule has 136 valence electrons. The SMILES string of the molecule is CC(C)c1cc(NC(=O)CN[C@@H]2CCc3nc(C(C)C)nn3C2)on1. The van der Waals surface area contributed by atoms with Crippen molar-refractivity contribution in [2.24, 2.45) is 0 Å². The third-order valence-electron chi connectivity index (χ3n) is 4.32. The second-order valence-corrected chi connectivity index (χ2v) is 7.16. The van der Waals surface area contributed by atoms with E-state index in [9.17, 15) is 4.79 Å². The van der Waals surface area contributed by atoms with E-state index in [-0.39, 0.29) is 24.4 Å². The predicted molar refractivity (Wildman–Crippen MR) is 93.4 cm³/mol. The number of carbonyl (C=O) groups is 1. The monoisotopic (exact) mass is 346 g/mol. The smallest absolute Gasteiger partial charge is 0.240 e. The van der Waals surface area contributed by atoms with Gasteiger partial charge < -0.3 is 9.84 Å². The minimum absolute atomic E-state index is 0.140. The molecule has 8 heteroatoms. The number of amides is 1. The lowest BCUT2D eigenvalue weighted by Crippen LogP contribution is -2.41. The van der Waals surface area contributed by atoms with Gasteiger partial charge in [0.25, 0.3) is 0 Å². The molecule has 0 fully saturated rings. The molecule has 0 spiro atoms. The van der Waals surface area contributed by atoms with Crippen molar-refractivity contribution >= 4 is 11.8 Å². The maximum Gasteiger partial charge on any atom is 0.240 e. The minimum atomic E-state index is -0.140. The molecule has 2 aromatic heterocycles. The van der Waals surface area contributed by atoms with Crippen LogP contribution in [-0.4, -0.2) is 38.4 Å². The first-order chi connectivity index (χ1) is 11.9. The molecule has 1 atom stereocenters. The van der Waals surface area contributed by atoms with Gasteiger partial charge in [0.05, 0.1) is 18.8 Å². The average Bonchev–Trinajstić information content (AvgIpc) is 3.19. The van der Waals surface area contributed by atoms with E-state index in [4.69, 9.17) is 4.52 Å². The summed E-state index contributed by atoms with van der Waals surface area (Å²) >= 11 is 0. The third kappa shape index (κ3) is 4.25. The number of rotatable bonds is 6. The molecule has 2 aromatic rings. The van der Waals surface area contributed by atoms with Crippen LogP contribution in [0.4, 0.5) is 5.88 Å². The van der Waals surface area contributed by atoms with Crippen LogP contribution in [0.15, 0.2) is 10.6 Å². The van der Waals surface area contributed by atoms with E-state index >= 15 is 0 Å². The lowest BCUT2D eigenvalue weighted by atomic mass is 10.1. The fourth-order valence-electron chi connectivity index (χ4n) is 2.78. The molecular formula is C17H26N6O2. The highest BCUT2D eigenvalue weighted by Gasteiger charge is 2.22. The summed E-state index contributed by atoms with van der Waals surface area (Å²) in [5, 5.41) is 14.5. The summed E-state index contributed by atoms with van der Waals surface area (Å²) < 4.78 is 7.09. The number of aryl methyl sites for hydroxylation is 1. The molecule has 0 unspecified atom stereocenters. The van der Waals surface area contributed by atoms with Crippen LogP contribution < -0.4 is 10.6 Å². The van der Waals surface area contributed by atoms with Crippen LogP contribution in [0.25, 0.3) is 0 Å². The zero-order valence-electron chi connectivity index (χ0n) is 15.2. The van der Waals surface area contributed by atoms with Crippen molar-refractivity contribution in [3.05, 3.63) is 23.4 Å². The topological polar surface area (TPSA) is 97.9 Å². The zero-order chi connectivity index (χ0) is 18.0. The van der Waals surface area contributed by atoms with Gasteiger partial charge >= 0.3 is 0 Å². The summed E-state index contributed by atoms with van der Waals surface area (Å²) in [6.07, 6.45) is 1.82. The number of hydrogen-bond donors (Lipinski definition) is 2. The van der Waals surface area contributed by atoms with Gasteiger partial charge in [-0.15, -0.1) is 0 Å². The second-order valence-electron chi connectivity index (χ2n) is 7.16. The van der Waals surface area contributed by atoms with E-state index in [0.29, 0.717) is 11.8 Å². The molecule has 0 saturated carbocycles. The number of nitrogens with one attached hydrogen (secondary N) is 2. The lowest BCUT2D eigenvalue weighted by molar-refractivity contribution is -0.115. The normalized spacial score (nSPS) is 17.1. The highest BCUT2D eigenvalue weighted by atomic mass is 16.5. The first-order valence-electron chi connectivity index (χ1n) is 8.86. The molecule has 0 aromatic carbocycles. The number of nitrogens with zero attached hydrogens (tertiary/aromatic N) is 4. The van der Waals surface area contributed by atoms with E-state index in [0.717, 1.165) is 36.7 Å². The van der Waals surface area contributed by atoms with E-state index in [1.165, 1.54) is 0 Å². The van der Waals surface area contributed by atoms with E-state index in [1.54, 1.807) is 6.07 Å². The minimum Gasteiger partial charge on any atom is -0.338 e. The van der Waals surface area contributed by atoms with Gasteiger partial charge in [0, 0.05) is 24.4 Å². The quantitative estimate of drug-likeness (QED) is 0.831. The summed E-state index contributed by atoms with van der Waals surface area (Å²) in [5.41, 5.74) is 0.829. The number of fused-ring (bicyclic) bond motifs is 1. The number of hydrogen-bond acceptors (Lipinski definition) is 6. The van der Waals surface area contributed by atoms with Crippen LogP contribution >= 0.6 is 0 Å². The molecule has 0 bridgehead atoms. The average molecular weight is 346 g/mol. The molecule has 3 rings (SSSR count). The van der Waals surface area contributed by atoms with Gasteiger partial charge in [0.2, 0.25) is 11.8 Å². The Labute approximate surface area is 147 Å². The molecule has 1 aliphatic heterocycles. The fourth-order valence-corrected chi connectivity index (χ4v) is 2.78. The third-order valence-corrected chi connectivity index (χ3v) is 4.32. The summed E-state index contributed by atoms with van der Waals surface area (Å²) in [7, 11) is 0. The van der Waals surface area contributed by atoms with Crippen LogP contribution in [0.2, 0.25) is 0 Å². The Balaban J connectivity index is 1.49. The second kappa shape index (κ2) is 7.35. The first-order valence-corrected chi connectivity index (χ1v) is 8.86. The molecule has 0 aliphatic carbocycles.